The predicted molar refractivity (Wildman–Crippen MR) is 103 cm³/mol. The summed E-state index contributed by atoms with van der Waals surface area (Å²) in [6.45, 7) is 0. The lowest BCUT2D eigenvalue weighted by Crippen LogP contribution is -1.99. The Morgan fingerprint density at radius 1 is 0.478 bits per heavy atom. The molecular weight excluding hydrogens is 275 g/mol. The van der Waals surface area contributed by atoms with E-state index in [0.29, 0.717) is 0 Å². The Morgan fingerprint density at radius 3 is 1.78 bits per heavy atom. The average molecular weight is 292 g/mol. The molecule has 0 radical (unpaired) electrons. The molecule has 0 spiro atoms. The lowest BCUT2D eigenvalue weighted by atomic mass is 9.93. The first kappa shape index (κ1) is 13.8. The van der Waals surface area contributed by atoms with E-state index in [2.05, 4.69) is 98.8 Å². The molecule has 0 unspecified atom stereocenters. The van der Waals surface area contributed by atoms with E-state index in [1.165, 1.54) is 38.5 Å². The van der Waals surface area contributed by atoms with E-state index in [-0.39, 0.29) is 0 Å². The van der Waals surface area contributed by atoms with Gasteiger partial charge < -0.3 is 0 Å². The lowest BCUT2D eigenvalue weighted by molar-refractivity contribution is 1.61. The second-order valence-electron chi connectivity index (χ2n) is 5.97. The van der Waals surface area contributed by atoms with Crippen molar-refractivity contribution in [1.82, 2.24) is 0 Å². The van der Waals surface area contributed by atoms with Crippen molar-refractivity contribution in [1.29, 1.82) is 0 Å². The first-order chi connectivity index (χ1) is 11.3. The number of fused-ring (bicyclic) bond motifs is 1. The first-order valence-corrected chi connectivity index (χ1v) is 7.96. The predicted octanol–water partition coefficient (Wildman–Crippen LogP) is 4.43. The maximum atomic E-state index is 2.22. The maximum absolute atomic E-state index is 2.22. The third-order valence-electron chi connectivity index (χ3n) is 4.37. The summed E-state index contributed by atoms with van der Waals surface area (Å²) in [7, 11) is 2.12. The number of hydrogen-bond acceptors (Lipinski definition) is 0. The standard InChI is InChI=1S/C22H17B/c23-20-14-12-17(13-15-20)16-8-10-19(11-9-16)22-7-3-5-18-4-1-2-6-21(18)22/h1-15H,23H2. The smallest absolute Gasteiger partial charge is 0.0889 e. The first-order valence-electron chi connectivity index (χ1n) is 7.96. The van der Waals surface area contributed by atoms with Gasteiger partial charge in [0.1, 0.15) is 7.85 Å². The molecule has 23 heavy (non-hydrogen) atoms. The van der Waals surface area contributed by atoms with Crippen LogP contribution in [0.1, 0.15) is 0 Å². The van der Waals surface area contributed by atoms with Crippen molar-refractivity contribution >= 4 is 24.1 Å². The minimum Gasteiger partial charge on any atom is -0.0889 e. The number of rotatable bonds is 2. The monoisotopic (exact) mass is 292 g/mol. The zero-order chi connectivity index (χ0) is 15.6. The van der Waals surface area contributed by atoms with Gasteiger partial charge in [-0.25, -0.2) is 0 Å². The molecule has 0 saturated carbocycles. The molecular formula is C22H17B. The second kappa shape index (κ2) is 5.77. The molecule has 0 amide bonds. The lowest BCUT2D eigenvalue weighted by Gasteiger charge is -2.08. The van der Waals surface area contributed by atoms with Gasteiger partial charge in [-0.05, 0) is 33.0 Å². The van der Waals surface area contributed by atoms with E-state index in [0.717, 1.165) is 0 Å². The topological polar surface area (TPSA) is 0 Å². The summed E-state index contributed by atoms with van der Waals surface area (Å²) in [5.41, 5.74) is 6.37. The molecule has 0 nitrogen and oxygen atoms in total. The van der Waals surface area contributed by atoms with E-state index in [9.17, 15) is 0 Å². The minimum absolute atomic E-state index is 1.26. The zero-order valence-corrected chi connectivity index (χ0v) is 13.2. The van der Waals surface area contributed by atoms with Gasteiger partial charge in [0.05, 0.1) is 0 Å². The van der Waals surface area contributed by atoms with Gasteiger partial charge in [0.25, 0.3) is 0 Å². The molecule has 108 valence electrons. The van der Waals surface area contributed by atoms with E-state index in [4.69, 9.17) is 0 Å². The van der Waals surface area contributed by atoms with Gasteiger partial charge in [-0.15, -0.1) is 0 Å². The van der Waals surface area contributed by atoms with Gasteiger partial charge >= 0.3 is 0 Å². The summed E-state index contributed by atoms with van der Waals surface area (Å²) in [6, 6.07) is 32.6. The van der Waals surface area contributed by atoms with Crippen LogP contribution < -0.4 is 5.46 Å². The Bertz CT molecular complexity index is 946. The Kier molecular flexibility index (Phi) is 3.47. The van der Waals surface area contributed by atoms with Crippen LogP contribution in [0.15, 0.2) is 91.0 Å². The molecule has 0 bridgehead atoms. The van der Waals surface area contributed by atoms with Crippen LogP contribution >= 0.6 is 0 Å². The normalized spacial score (nSPS) is 10.8. The molecule has 0 heterocycles. The van der Waals surface area contributed by atoms with Crippen LogP contribution in [0.2, 0.25) is 0 Å². The highest BCUT2D eigenvalue weighted by Crippen LogP contribution is 2.30. The Labute approximate surface area is 137 Å². The Morgan fingerprint density at radius 2 is 1.04 bits per heavy atom. The quantitative estimate of drug-likeness (QED) is 0.479. The maximum Gasteiger partial charge on any atom is 0.139 e. The molecule has 0 saturated heterocycles. The molecule has 0 aromatic heterocycles. The third-order valence-corrected chi connectivity index (χ3v) is 4.37. The van der Waals surface area contributed by atoms with E-state index in [1.54, 1.807) is 0 Å². The van der Waals surface area contributed by atoms with Gasteiger partial charge in [-0.3, -0.25) is 0 Å². The summed E-state index contributed by atoms with van der Waals surface area (Å²) in [5, 5.41) is 2.59. The number of benzene rings is 4. The Hall–Kier alpha value is -2.80. The van der Waals surface area contributed by atoms with E-state index < -0.39 is 0 Å². The highest BCUT2D eigenvalue weighted by atomic mass is 14.1. The molecule has 1 heteroatoms. The molecule has 0 aliphatic heterocycles. The summed E-state index contributed by atoms with van der Waals surface area (Å²) in [4.78, 5) is 0. The summed E-state index contributed by atoms with van der Waals surface area (Å²) < 4.78 is 0. The molecule has 4 rings (SSSR count). The van der Waals surface area contributed by atoms with Gasteiger partial charge in [0.2, 0.25) is 0 Å². The van der Waals surface area contributed by atoms with Crippen LogP contribution in [0.5, 0.6) is 0 Å². The largest absolute Gasteiger partial charge is 0.139 e. The van der Waals surface area contributed by atoms with Gasteiger partial charge in [0, 0.05) is 0 Å². The van der Waals surface area contributed by atoms with Crippen LogP contribution in [0, 0.1) is 0 Å². The van der Waals surface area contributed by atoms with Crippen LogP contribution in [-0.4, -0.2) is 7.85 Å². The van der Waals surface area contributed by atoms with Gasteiger partial charge in [-0.2, -0.15) is 0 Å². The third kappa shape index (κ3) is 2.66. The van der Waals surface area contributed by atoms with Crippen molar-refractivity contribution in [2.45, 2.75) is 0 Å². The van der Waals surface area contributed by atoms with Crippen molar-refractivity contribution < 1.29 is 0 Å². The second-order valence-corrected chi connectivity index (χ2v) is 5.97. The zero-order valence-electron chi connectivity index (χ0n) is 13.2. The molecule has 4 aromatic rings. The molecule has 0 N–H and O–H groups in total. The van der Waals surface area contributed by atoms with Gasteiger partial charge in [0.15, 0.2) is 0 Å². The van der Waals surface area contributed by atoms with Crippen molar-refractivity contribution in [3.8, 4) is 22.3 Å². The average Bonchev–Trinajstić information content (AvgIpc) is 2.62. The highest BCUT2D eigenvalue weighted by molar-refractivity contribution is 6.32. The molecule has 4 aromatic carbocycles. The summed E-state index contributed by atoms with van der Waals surface area (Å²) >= 11 is 0. The van der Waals surface area contributed by atoms with Crippen molar-refractivity contribution in [2.24, 2.45) is 0 Å². The number of hydrogen-bond donors (Lipinski definition) is 0. The molecule has 0 fully saturated rings. The van der Waals surface area contributed by atoms with Crippen molar-refractivity contribution in [3.63, 3.8) is 0 Å². The van der Waals surface area contributed by atoms with Crippen LogP contribution in [-0.2, 0) is 0 Å². The summed E-state index contributed by atoms with van der Waals surface area (Å²) in [6.07, 6.45) is 0. The minimum atomic E-state index is 1.26. The fourth-order valence-corrected chi connectivity index (χ4v) is 3.07. The molecule has 0 aliphatic carbocycles. The van der Waals surface area contributed by atoms with E-state index in [1.807, 2.05) is 0 Å². The van der Waals surface area contributed by atoms with Crippen LogP contribution in [0.25, 0.3) is 33.0 Å². The fraction of sp³-hybridized carbons (Fsp3) is 0. The summed E-state index contributed by atoms with van der Waals surface area (Å²) in [5.74, 6) is 0. The van der Waals surface area contributed by atoms with E-state index >= 15 is 0 Å². The highest BCUT2D eigenvalue weighted by Gasteiger charge is 2.04. The van der Waals surface area contributed by atoms with Gasteiger partial charge in [-0.1, -0.05) is 96.5 Å². The van der Waals surface area contributed by atoms with Crippen LogP contribution in [0.3, 0.4) is 0 Å². The fourth-order valence-electron chi connectivity index (χ4n) is 3.07. The molecule has 0 aliphatic rings. The SMILES string of the molecule is Bc1ccc(-c2ccc(-c3cccc4ccccc34)cc2)cc1. The van der Waals surface area contributed by atoms with Crippen LogP contribution in [0.4, 0.5) is 0 Å². The van der Waals surface area contributed by atoms with Crippen molar-refractivity contribution in [3.05, 3.63) is 91.0 Å². The Balaban J connectivity index is 1.77. The van der Waals surface area contributed by atoms with Crippen molar-refractivity contribution in [2.75, 3.05) is 0 Å². The molecule has 0 atom stereocenters.